The Bertz CT molecular complexity index is 1060. The SMILES string of the molecule is Cc1ccc(S(=O)(=O)O)cc1.Cc1cccc2c(C3=CCNCC3)c[nH]c12. The minimum Gasteiger partial charge on any atom is -0.360 e. The molecule has 2 aromatic carbocycles. The van der Waals surface area contributed by atoms with Crippen LogP contribution in [-0.4, -0.2) is 31.0 Å². The molecule has 0 radical (unpaired) electrons. The van der Waals surface area contributed by atoms with Crippen molar-refractivity contribution in [3.63, 3.8) is 0 Å². The average Bonchev–Trinajstić information content (AvgIpc) is 3.08. The van der Waals surface area contributed by atoms with Gasteiger partial charge in [0.15, 0.2) is 0 Å². The van der Waals surface area contributed by atoms with E-state index in [1.807, 2.05) is 6.92 Å². The Labute approximate surface area is 159 Å². The van der Waals surface area contributed by atoms with E-state index in [0.29, 0.717) is 0 Å². The van der Waals surface area contributed by atoms with E-state index in [1.54, 1.807) is 12.1 Å². The van der Waals surface area contributed by atoms with Crippen LogP contribution < -0.4 is 5.32 Å². The summed E-state index contributed by atoms with van der Waals surface area (Å²) < 4.78 is 29.6. The molecule has 3 N–H and O–H groups in total. The molecule has 5 nitrogen and oxygen atoms in total. The second-order valence-electron chi connectivity index (χ2n) is 6.67. The van der Waals surface area contributed by atoms with Crippen molar-refractivity contribution in [2.45, 2.75) is 25.2 Å². The molecule has 0 atom stereocenters. The van der Waals surface area contributed by atoms with E-state index in [0.717, 1.165) is 25.1 Å². The maximum atomic E-state index is 10.5. The van der Waals surface area contributed by atoms with Crippen molar-refractivity contribution < 1.29 is 13.0 Å². The van der Waals surface area contributed by atoms with E-state index < -0.39 is 10.1 Å². The second-order valence-corrected chi connectivity index (χ2v) is 8.09. The van der Waals surface area contributed by atoms with E-state index in [2.05, 4.69) is 47.7 Å². The zero-order chi connectivity index (χ0) is 19.4. The molecule has 6 heteroatoms. The number of hydrogen-bond donors (Lipinski definition) is 3. The van der Waals surface area contributed by atoms with Crippen LogP contribution in [0.2, 0.25) is 0 Å². The van der Waals surface area contributed by atoms with E-state index in [-0.39, 0.29) is 4.90 Å². The molecule has 142 valence electrons. The molecular weight excluding hydrogens is 360 g/mol. The number of fused-ring (bicyclic) bond motifs is 1. The lowest BCUT2D eigenvalue weighted by molar-refractivity contribution is 0.483. The molecule has 2 heterocycles. The predicted molar refractivity (Wildman–Crippen MR) is 109 cm³/mol. The van der Waals surface area contributed by atoms with Gasteiger partial charge in [0.05, 0.1) is 4.90 Å². The van der Waals surface area contributed by atoms with Gasteiger partial charge in [-0.05, 0) is 50.1 Å². The van der Waals surface area contributed by atoms with Gasteiger partial charge in [-0.3, -0.25) is 4.55 Å². The smallest absolute Gasteiger partial charge is 0.294 e. The number of hydrogen-bond acceptors (Lipinski definition) is 3. The Balaban J connectivity index is 0.000000168. The summed E-state index contributed by atoms with van der Waals surface area (Å²) in [5.74, 6) is 0. The van der Waals surface area contributed by atoms with Gasteiger partial charge < -0.3 is 10.3 Å². The lowest BCUT2D eigenvalue weighted by Crippen LogP contribution is -2.19. The fourth-order valence-electron chi connectivity index (χ4n) is 3.15. The maximum Gasteiger partial charge on any atom is 0.294 e. The number of aromatic nitrogens is 1. The molecule has 0 saturated heterocycles. The quantitative estimate of drug-likeness (QED) is 0.581. The molecule has 0 unspecified atom stereocenters. The highest BCUT2D eigenvalue weighted by molar-refractivity contribution is 7.85. The van der Waals surface area contributed by atoms with Crippen LogP contribution in [0.3, 0.4) is 0 Å². The molecule has 1 aromatic heterocycles. The largest absolute Gasteiger partial charge is 0.360 e. The number of nitrogens with one attached hydrogen (secondary N) is 2. The van der Waals surface area contributed by atoms with Crippen molar-refractivity contribution in [1.82, 2.24) is 10.3 Å². The summed E-state index contributed by atoms with van der Waals surface area (Å²) in [5, 5.41) is 4.70. The third-order valence-corrected chi connectivity index (χ3v) is 5.52. The zero-order valence-electron chi connectivity index (χ0n) is 15.5. The van der Waals surface area contributed by atoms with E-state index in [9.17, 15) is 8.42 Å². The number of H-pyrrole nitrogens is 1. The maximum absolute atomic E-state index is 10.5. The second kappa shape index (κ2) is 8.08. The fraction of sp³-hybridized carbons (Fsp3) is 0.238. The molecule has 0 spiro atoms. The van der Waals surface area contributed by atoms with Crippen molar-refractivity contribution in [3.8, 4) is 0 Å². The van der Waals surface area contributed by atoms with Gasteiger partial charge in [0, 0.05) is 29.2 Å². The molecule has 27 heavy (non-hydrogen) atoms. The predicted octanol–water partition coefficient (Wildman–Crippen LogP) is 4.09. The van der Waals surface area contributed by atoms with Crippen LogP contribution in [0.4, 0.5) is 0 Å². The van der Waals surface area contributed by atoms with Gasteiger partial charge in [-0.25, -0.2) is 0 Å². The Morgan fingerprint density at radius 2 is 1.78 bits per heavy atom. The molecule has 3 aromatic rings. The first-order valence-corrected chi connectivity index (χ1v) is 10.3. The van der Waals surface area contributed by atoms with Crippen LogP contribution in [0.5, 0.6) is 0 Å². The molecule has 1 aliphatic rings. The summed E-state index contributed by atoms with van der Waals surface area (Å²) in [4.78, 5) is 3.33. The monoisotopic (exact) mass is 384 g/mol. The highest BCUT2D eigenvalue weighted by Gasteiger charge is 2.11. The third-order valence-electron chi connectivity index (χ3n) is 4.65. The summed E-state index contributed by atoms with van der Waals surface area (Å²) >= 11 is 0. The lowest BCUT2D eigenvalue weighted by Gasteiger charge is -2.13. The highest BCUT2D eigenvalue weighted by atomic mass is 32.2. The number of aromatic amines is 1. The van der Waals surface area contributed by atoms with E-state index in [1.165, 1.54) is 39.7 Å². The average molecular weight is 385 g/mol. The van der Waals surface area contributed by atoms with Gasteiger partial charge >= 0.3 is 0 Å². The number of aryl methyl sites for hydroxylation is 2. The molecule has 1 aliphatic heterocycles. The summed E-state index contributed by atoms with van der Waals surface area (Å²) in [6, 6.07) is 12.5. The van der Waals surface area contributed by atoms with Gasteiger partial charge in [0.25, 0.3) is 10.1 Å². The first-order valence-electron chi connectivity index (χ1n) is 8.87. The van der Waals surface area contributed by atoms with Crippen LogP contribution >= 0.6 is 0 Å². The molecule has 0 bridgehead atoms. The Hall–Kier alpha value is -2.41. The topological polar surface area (TPSA) is 82.2 Å². The fourth-order valence-corrected chi connectivity index (χ4v) is 3.63. The first-order chi connectivity index (χ1) is 12.9. The number of rotatable bonds is 2. The Kier molecular flexibility index (Phi) is 5.79. The summed E-state index contributed by atoms with van der Waals surface area (Å²) in [6.45, 7) is 6.07. The first kappa shape index (κ1) is 19.4. The van der Waals surface area contributed by atoms with Crippen LogP contribution in [0.1, 0.15) is 23.1 Å². The summed E-state index contributed by atoms with van der Waals surface area (Å²) in [7, 11) is -4.02. The van der Waals surface area contributed by atoms with Gasteiger partial charge in [-0.1, -0.05) is 42.0 Å². The van der Waals surface area contributed by atoms with Crippen LogP contribution in [0, 0.1) is 13.8 Å². The van der Waals surface area contributed by atoms with Crippen LogP contribution in [0.25, 0.3) is 16.5 Å². The van der Waals surface area contributed by atoms with Crippen molar-refractivity contribution >= 4 is 26.6 Å². The van der Waals surface area contributed by atoms with Crippen LogP contribution in [-0.2, 0) is 10.1 Å². The molecule has 0 amide bonds. The third kappa shape index (κ3) is 4.66. The number of para-hydroxylation sites is 1. The molecule has 0 aliphatic carbocycles. The lowest BCUT2D eigenvalue weighted by atomic mass is 9.99. The summed E-state index contributed by atoms with van der Waals surface area (Å²) in [6.07, 6.45) is 5.57. The van der Waals surface area contributed by atoms with Crippen molar-refractivity contribution in [3.05, 3.63) is 71.4 Å². The zero-order valence-corrected chi connectivity index (χ0v) is 16.3. The van der Waals surface area contributed by atoms with Crippen LogP contribution in [0.15, 0.2) is 59.6 Å². The molecule has 0 saturated carbocycles. The molecule has 0 fully saturated rings. The van der Waals surface area contributed by atoms with Crippen molar-refractivity contribution in [2.24, 2.45) is 0 Å². The van der Waals surface area contributed by atoms with Gasteiger partial charge in [-0.2, -0.15) is 8.42 Å². The Morgan fingerprint density at radius 1 is 1.04 bits per heavy atom. The summed E-state index contributed by atoms with van der Waals surface area (Å²) in [5.41, 5.74) is 6.39. The number of benzene rings is 2. The van der Waals surface area contributed by atoms with Crippen molar-refractivity contribution in [1.29, 1.82) is 0 Å². The normalized spacial score (nSPS) is 14.4. The van der Waals surface area contributed by atoms with Gasteiger partial charge in [0.2, 0.25) is 0 Å². The van der Waals surface area contributed by atoms with Crippen molar-refractivity contribution in [2.75, 3.05) is 13.1 Å². The minimum absolute atomic E-state index is 0.0666. The van der Waals surface area contributed by atoms with E-state index >= 15 is 0 Å². The standard InChI is InChI=1S/C14H16N2.C7H8O3S/c1-10-3-2-4-12-13(9-16-14(10)12)11-5-7-15-8-6-11;1-6-2-4-7(5-3-6)11(8,9)10/h2-5,9,15-16H,6-8H2,1H3;2-5H,1H3,(H,8,9,10). The Morgan fingerprint density at radius 3 is 2.41 bits per heavy atom. The molecular formula is C21H24N2O3S. The minimum atomic E-state index is -4.02. The molecule has 4 rings (SSSR count). The van der Waals surface area contributed by atoms with Gasteiger partial charge in [0.1, 0.15) is 0 Å². The highest BCUT2D eigenvalue weighted by Crippen LogP contribution is 2.29. The van der Waals surface area contributed by atoms with E-state index in [4.69, 9.17) is 4.55 Å². The van der Waals surface area contributed by atoms with Gasteiger partial charge in [-0.15, -0.1) is 0 Å².